The number of aliphatic hydroxyl groups is 9. The molecule has 3 saturated heterocycles. The summed E-state index contributed by atoms with van der Waals surface area (Å²) < 4.78 is 33.7. The number of aliphatic hydroxyl groups excluding tert-OH is 9. The van der Waals surface area contributed by atoms with E-state index in [-0.39, 0.29) is 17.5 Å². The van der Waals surface area contributed by atoms with Crippen LogP contribution in [-0.4, -0.2) is 158 Å². The molecule has 1 amide bonds. The molecule has 0 aromatic heterocycles. The molecule has 17 nitrogen and oxygen atoms in total. The fraction of sp³-hybridized carbons (Fsp3) is 0.750. The number of carbonyl (C=O) groups excluding carboxylic acids is 1. The number of anilines is 1. The van der Waals surface area contributed by atoms with Gasteiger partial charge in [-0.05, 0) is 17.7 Å². The summed E-state index contributed by atoms with van der Waals surface area (Å²) >= 11 is 6.09. The van der Waals surface area contributed by atoms with E-state index in [1.807, 2.05) is 0 Å². The van der Waals surface area contributed by atoms with Gasteiger partial charge in [-0.15, -0.1) is 0 Å². The largest absolute Gasteiger partial charge is 0.394 e. The smallest absolute Gasteiger partial charge is 0.221 e. The van der Waals surface area contributed by atoms with Gasteiger partial charge in [-0.1, -0.05) is 24.6 Å². The molecule has 1 aromatic rings. The molecule has 0 aliphatic carbocycles. The first-order valence-corrected chi connectivity index (χ1v) is 15.0. The molecule has 15 unspecified atom stereocenters. The molecule has 0 bridgehead atoms. The number of hydrogen-bond acceptors (Lipinski definition) is 16. The molecule has 3 aliphatic heterocycles. The molecule has 3 aliphatic rings. The molecule has 10 N–H and O–H groups in total. The standard InChI is InChI=1S/C28H42ClNO16/c1-10-15(6-31)42-27(21(38)18(10)35)45-25-17(8-33)44-28(23(40)20(25)37)46-24-16(7-32)43-26(22(39)19(24)36)41-9-12-3-4-13(29)14(5-12)30-11(2)34/h3-5,10,15-28,31-33,35-40H,6-9H2,1-2H3,(H,30,34). The molecular weight excluding hydrogens is 642 g/mol. The topological polar surface area (TPSA) is 267 Å². The Bertz CT molecular complexity index is 1140. The van der Waals surface area contributed by atoms with Crippen LogP contribution in [0.4, 0.5) is 5.69 Å². The van der Waals surface area contributed by atoms with E-state index in [1.54, 1.807) is 19.1 Å². The maximum absolute atomic E-state index is 11.4. The summed E-state index contributed by atoms with van der Waals surface area (Å²) in [5.41, 5.74) is 0.854. The summed E-state index contributed by atoms with van der Waals surface area (Å²) in [5.74, 6) is -1.00. The van der Waals surface area contributed by atoms with Gasteiger partial charge in [0, 0.05) is 12.8 Å². The highest BCUT2D eigenvalue weighted by Gasteiger charge is 2.53. The van der Waals surface area contributed by atoms with Crippen molar-refractivity contribution in [1.29, 1.82) is 0 Å². The summed E-state index contributed by atoms with van der Waals surface area (Å²) in [5, 5.41) is 96.6. The van der Waals surface area contributed by atoms with Crippen LogP contribution < -0.4 is 5.32 Å². The van der Waals surface area contributed by atoms with E-state index < -0.39 is 112 Å². The maximum atomic E-state index is 11.4. The number of benzene rings is 1. The minimum atomic E-state index is -1.90. The summed E-state index contributed by atoms with van der Waals surface area (Å²) in [4.78, 5) is 11.4. The minimum absolute atomic E-state index is 0.160. The minimum Gasteiger partial charge on any atom is -0.394 e. The van der Waals surface area contributed by atoms with Gasteiger partial charge >= 0.3 is 0 Å². The van der Waals surface area contributed by atoms with Crippen LogP contribution >= 0.6 is 11.6 Å². The van der Waals surface area contributed by atoms with E-state index in [0.29, 0.717) is 11.3 Å². The third kappa shape index (κ3) is 8.15. The monoisotopic (exact) mass is 683 g/mol. The van der Waals surface area contributed by atoms with Crippen LogP contribution in [0.2, 0.25) is 5.02 Å². The van der Waals surface area contributed by atoms with E-state index in [1.165, 1.54) is 13.0 Å². The Morgan fingerprint density at radius 3 is 1.76 bits per heavy atom. The van der Waals surface area contributed by atoms with Gasteiger partial charge in [-0.2, -0.15) is 0 Å². The van der Waals surface area contributed by atoms with Gasteiger partial charge in [0.05, 0.1) is 49.3 Å². The Hall–Kier alpha value is -1.62. The highest BCUT2D eigenvalue weighted by Crippen LogP contribution is 2.34. The fourth-order valence-corrected chi connectivity index (χ4v) is 5.68. The molecule has 1 aromatic carbocycles. The molecule has 18 heteroatoms. The summed E-state index contributed by atoms with van der Waals surface area (Å²) in [7, 11) is 0. The number of amides is 1. The lowest BCUT2D eigenvalue weighted by molar-refractivity contribution is -0.378. The van der Waals surface area contributed by atoms with Crippen molar-refractivity contribution >= 4 is 23.2 Å². The summed E-state index contributed by atoms with van der Waals surface area (Å²) in [6, 6.07) is 4.67. The van der Waals surface area contributed by atoms with Crippen LogP contribution in [0.5, 0.6) is 0 Å². The van der Waals surface area contributed by atoms with E-state index in [4.69, 9.17) is 40.0 Å². The first kappa shape index (κ1) is 37.2. The number of rotatable bonds is 11. The van der Waals surface area contributed by atoms with Crippen molar-refractivity contribution in [3.63, 3.8) is 0 Å². The van der Waals surface area contributed by atoms with Crippen molar-refractivity contribution in [3.05, 3.63) is 28.8 Å². The number of nitrogens with one attached hydrogen (secondary N) is 1. The Balaban J connectivity index is 1.40. The molecule has 262 valence electrons. The molecule has 0 radical (unpaired) electrons. The second-order valence-corrected chi connectivity index (χ2v) is 11.9. The van der Waals surface area contributed by atoms with Gasteiger partial charge in [0.2, 0.25) is 5.91 Å². The Labute approximate surface area is 268 Å². The normalized spacial score (nSPS) is 41.7. The van der Waals surface area contributed by atoms with Crippen LogP contribution in [0, 0.1) is 5.92 Å². The fourth-order valence-electron chi connectivity index (χ4n) is 5.52. The number of hydrogen-bond donors (Lipinski definition) is 10. The van der Waals surface area contributed by atoms with Gasteiger partial charge in [0.1, 0.15) is 54.9 Å². The molecule has 3 fully saturated rings. The van der Waals surface area contributed by atoms with E-state index in [0.717, 1.165) is 0 Å². The van der Waals surface area contributed by atoms with Crippen LogP contribution in [0.25, 0.3) is 0 Å². The van der Waals surface area contributed by atoms with Crippen LogP contribution in [0.15, 0.2) is 18.2 Å². The molecule has 15 atom stereocenters. The Morgan fingerprint density at radius 1 is 0.761 bits per heavy atom. The third-order valence-corrected chi connectivity index (χ3v) is 8.55. The van der Waals surface area contributed by atoms with Crippen molar-refractivity contribution in [2.45, 2.75) is 106 Å². The van der Waals surface area contributed by atoms with Crippen LogP contribution in [0.3, 0.4) is 0 Å². The van der Waals surface area contributed by atoms with Crippen LogP contribution in [-0.2, 0) is 39.8 Å². The Kier molecular flexibility index (Phi) is 13.1. The van der Waals surface area contributed by atoms with Crippen molar-refractivity contribution in [2.75, 3.05) is 25.1 Å². The maximum Gasteiger partial charge on any atom is 0.221 e. The molecule has 0 spiro atoms. The summed E-state index contributed by atoms with van der Waals surface area (Å²) in [6.45, 7) is 0.655. The lowest BCUT2D eigenvalue weighted by Crippen LogP contribution is -2.66. The first-order valence-electron chi connectivity index (χ1n) is 14.7. The number of ether oxygens (including phenoxy) is 6. The second kappa shape index (κ2) is 16.2. The average Bonchev–Trinajstić information content (AvgIpc) is 3.03. The van der Waals surface area contributed by atoms with Gasteiger partial charge < -0.3 is 79.7 Å². The quantitative estimate of drug-likeness (QED) is 0.109. The van der Waals surface area contributed by atoms with Gasteiger partial charge in [0.25, 0.3) is 0 Å². The second-order valence-electron chi connectivity index (χ2n) is 11.5. The molecular formula is C28H42ClNO16. The summed E-state index contributed by atoms with van der Waals surface area (Å²) in [6.07, 6.45) is -21.7. The van der Waals surface area contributed by atoms with Crippen molar-refractivity contribution < 1.29 is 79.2 Å². The van der Waals surface area contributed by atoms with Gasteiger partial charge in [0.15, 0.2) is 18.9 Å². The van der Waals surface area contributed by atoms with E-state index >= 15 is 0 Å². The highest BCUT2D eigenvalue weighted by atomic mass is 35.5. The lowest BCUT2D eigenvalue weighted by Gasteiger charge is -2.48. The average molecular weight is 684 g/mol. The zero-order valence-corrected chi connectivity index (χ0v) is 25.7. The third-order valence-electron chi connectivity index (χ3n) is 8.22. The molecule has 3 heterocycles. The van der Waals surface area contributed by atoms with E-state index in [2.05, 4.69) is 5.32 Å². The van der Waals surface area contributed by atoms with Crippen molar-refractivity contribution in [2.24, 2.45) is 5.92 Å². The predicted molar refractivity (Wildman–Crippen MR) is 153 cm³/mol. The SMILES string of the molecule is CC(=O)Nc1cc(COC2OC(CO)C(OC3OC(CO)C(OC4OC(CO)C(C)C(O)C4O)C(O)C3O)C(O)C2O)ccc1Cl. The molecule has 46 heavy (non-hydrogen) atoms. The van der Waals surface area contributed by atoms with E-state index in [9.17, 15) is 50.8 Å². The van der Waals surface area contributed by atoms with Gasteiger partial charge in [-0.25, -0.2) is 0 Å². The van der Waals surface area contributed by atoms with Crippen molar-refractivity contribution in [3.8, 4) is 0 Å². The predicted octanol–water partition coefficient (Wildman–Crippen LogP) is -3.46. The first-order chi connectivity index (χ1) is 21.8. The molecule has 0 saturated carbocycles. The zero-order valence-electron chi connectivity index (χ0n) is 25.0. The lowest BCUT2D eigenvalue weighted by atomic mass is 9.91. The van der Waals surface area contributed by atoms with Crippen molar-refractivity contribution in [1.82, 2.24) is 0 Å². The van der Waals surface area contributed by atoms with Crippen LogP contribution in [0.1, 0.15) is 19.4 Å². The van der Waals surface area contributed by atoms with Gasteiger partial charge in [-0.3, -0.25) is 4.79 Å². The highest BCUT2D eigenvalue weighted by molar-refractivity contribution is 6.33. The Morgan fingerprint density at radius 2 is 1.24 bits per heavy atom. The number of carbonyl (C=O) groups is 1. The zero-order chi connectivity index (χ0) is 33.9. The molecule has 4 rings (SSSR count). The number of halogens is 1.